The lowest BCUT2D eigenvalue weighted by Crippen LogP contribution is -2.57. The van der Waals surface area contributed by atoms with Crippen LogP contribution in [0.5, 0.6) is 0 Å². The van der Waals surface area contributed by atoms with E-state index in [1.54, 1.807) is 32.7 Å². The number of nitrogens with two attached hydrogens (primary N) is 1. The molecule has 1 aromatic carbocycles. The van der Waals surface area contributed by atoms with Gasteiger partial charge in [-0.1, -0.05) is 18.2 Å². The Balaban J connectivity index is 1.64. The lowest BCUT2D eigenvalue weighted by atomic mass is 9.99. The second kappa shape index (κ2) is 8.47. The van der Waals surface area contributed by atoms with Crippen LogP contribution in [-0.2, 0) is 36.0 Å². The summed E-state index contributed by atoms with van der Waals surface area (Å²) in [6.07, 6.45) is 2.66. The quantitative estimate of drug-likeness (QED) is 0.533. The Kier molecular flexibility index (Phi) is 5.84. The molecule has 0 aliphatic carbocycles. The van der Waals surface area contributed by atoms with Gasteiger partial charge < -0.3 is 20.9 Å². The van der Waals surface area contributed by atoms with Crippen LogP contribution in [0, 0.1) is 6.92 Å². The third-order valence-corrected chi connectivity index (χ3v) is 6.26. The number of nitrogens with zero attached hydrogens (tertiary/aromatic N) is 3. The Morgan fingerprint density at radius 2 is 2.03 bits per heavy atom. The maximum Gasteiger partial charge on any atom is 0.258 e. The van der Waals surface area contributed by atoms with Gasteiger partial charge >= 0.3 is 0 Å². The summed E-state index contributed by atoms with van der Waals surface area (Å²) in [7, 11) is 1.68. The minimum absolute atomic E-state index is 0.143. The second-order valence-electron chi connectivity index (χ2n) is 9.27. The van der Waals surface area contributed by atoms with E-state index in [4.69, 9.17) is 5.73 Å². The highest BCUT2D eigenvalue weighted by molar-refractivity contribution is 5.92. The Hall–Kier alpha value is -3.46. The largest absolute Gasteiger partial charge is 0.361 e. The fraction of sp³-hybridized carbons (Fsp3) is 0.417. The molecule has 0 saturated carbocycles. The first-order valence-corrected chi connectivity index (χ1v) is 11.0. The summed E-state index contributed by atoms with van der Waals surface area (Å²) in [6.45, 7) is 5.59. The Bertz CT molecular complexity index is 1280. The number of aromatic nitrogens is 3. The zero-order valence-electron chi connectivity index (χ0n) is 19.4. The number of hydrogen-bond donors (Lipinski definition) is 3. The Morgan fingerprint density at radius 1 is 1.30 bits per heavy atom. The lowest BCUT2D eigenvalue weighted by Gasteiger charge is -2.32. The first kappa shape index (κ1) is 22.7. The molecule has 4 rings (SSSR count). The van der Waals surface area contributed by atoms with Gasteiger partial charge in [-0.15, -0.1) is 0 Å². The van der Waals surface area contributed by atoms with E-state index >= 15 is 0 Å². The van der Waals surface area contributed by atoms with Gasteiger partial charge in [-0.05, 0) is 32.4 Å². The van der Waals surface area contributed by atoms with Crippen molar-refractivity contribution < 1.29 is 9.59 Å². The number of carbonyl (C=O) groups is 2. The molecule has 0 bridgehead atoms. The van der Waals surface area contributed by atoms with Gasteiger partial charge in [0.1, 0.15) is 11.9 Å². The van der Waals surface area contributed by atoms with Crippen LogP contribution in [0.1, 0.15) is 36.5 Å². The molecule has 9 heteroatoms. The number of rotatable bonds is 5. The van der Waals surface area contributed by atoms with Crippen molar-refractivity contribution in [3.05, 3.63) is 63.5 Å². The van der Waals surface area contributed by atoms with E-state index < -0.39 is 17.5 Å². The molecule has 3 aromatic rings. The SMILES string of the molecule is Cc1nc2c(c(=O)n1C)CN(C(=O)[C@@H](Cc1c[nH]c3ccccc13)NC(=O)C(C)(C)N)CC2. The van der Waals surface area contributed by atoms with Crippen molar-refractivity contribution in [2.24, 2.45) is 12.8 Å². The van der Waals surface area contributed by atoms with Crippen molar-refractivity contribution in [1.29, 1.82) is 0 Å². The highest BCUT2D eigenvalue weighted by atomic mass is 16.2. The summed E-state index contributed by atoms with van der Waals surface area (Å²) in [4.78, 5) is 48.5. The number of para-hydroxylation sites is 1. The first-order chi connectivity index (χ1) is 15.6. The van der Waals surface area contributed by atoms with E-state index in [0.717, 1.165) is 22.2 Å². The number of aromatic amines is 1. The number of amides is 2. The standard InChI is InChI=1S/C24H30N6O3/c1-14-27-19-9-10-30(13-17(19)21(31)29(14)4)22(32)20(28-23(33)24(2,3)25)11-15-12-26-18-8-6-5-7-16(15)18/h5-8,12,20,26H,9-11,13,25H2,1-4H3,(H,28,33)/t20-/m1/s1. The second-order valence-corrected chi connectivity index (χ2v) is 9.27. The first-order valence-electron chi connectivity index (χ1n) is 11.0. The van der Waals surface area contributed by atoms with Crippen LogP contribution >= 0.6 is 0 Å². The molecule has 1 aliphatic heterocycles. The molecule has 9 nitrogen and oxygen atoms in total. The van der Waals surface area contributed by atoms with Crippen LogP contribution in [0.15, 0.2) is 35.3 Å². The molecule has 0 fully saturated rings. The van der Waals surface area contributed by atoms with Gasteiger partial charge in [0, 0.05) is 43.5 Å². The van der Waals surface area contributed by atoms with Gasteiger partial charge in [0.15, 0.2) is 0 Å². The van der Waals surface area contributed by atoms with E-state index in [2.05, 4.69) is 15.3 Å². The highest BCUT2D eigenvalue weighted by Crippen LogP contribution is 2.21. The van der Waals surface area contributed by atoms with Gasteiger partial charge in [-0.25, -0.2) is 4.98 Å². The molecule has 0 radical (unpaired) electrons. The molecular formula is C24H30N6O3. The number of benzene rings is 1. The third-order valence-electron chi connectivity index (χ3n) is 6.26. The fourth-order valence-corrected chi connectivity index (χ4v) is 4.16. The molecule has 0 saturated heterocycles. The zero-order chi connectivity index (χ0) is 23.9. The molecule has 174 valence electrons. The summed E-state index contributed by atoms with van der Waals surface area (Å²) in [6, 6.07) is 6.99. The normalized spacial score (nSPS) is 14.8. The third kappa shape index (κ3) is 4.41. The van der Waals surface area contributed by atoms with Gasteiger partial charge in [0.05, 0.1) is 23.3 Å². The molecule has 2 aromatic heterocycles. The van der Waals surface area contributed by atoms with Gasteiger partial charge in [-0.3, -0.25) is 19.0 Å². The predicted octanol–water partition coefficient (Wildman–Crippen LogP) is 0.920. The van der Waals surface area contributed by atoms with Gasteiger partial charge in [0.25, 0.3) is 5.56 Å². The summed E-state index contributed by atoms with van der Waals surface area (Å²) < 4.78 is 1.49. The monoisotopic (exact) mass is 450 g/mol. The predicted molar refractivity (Wildman–Crippen MR) is 126 cm³/mol. The van der Waals surface area contributed by atoms with Crippen LogP contribution in [0.3, 0.4) is 0 Å². The number of aryl methyl sites for hydroxylation is 1. The minimum atomic E-state index is -1.13. The molecule has 0 unspecified atom stereocenters. The molecule has 2 amide bonds. The van der Waals surface area contributed by atoms with Crippen LogP contribution in [0.4, 0.5) is 0 Å². The van der Waals surface area contributed by atoms with Crippen molar-refractivity contribution in [1.82, 2.24) is 24.8 Å². The highest BCUT2D eigenvalue weighted by Gasteiger charge is 2.33. The van der Waals surface area contributed by atoms with Crippen molar-refractivity contribution in [2.45, 2.75) is 51.7 Å². The zero-order valence-corrected chi connectivity index (χ0v) is 19.4. The van der Waals surface area contributed by atoms with Crippen molar-refractivity contribution >= 4 is 22.7 Å². The van der Waals surface area contributed by atoms with E-state index in [1.807, 2.05) is 30.5 Å². The summed E-state index contributed by atoms with van der Waals surface area (Å²) in [5.74, 6) is -0.00866. The smallest absolute Gasteiger partial charge is 0.258 e. The number of nitrogens with one attached hydrogen (secondary N) is 2. The van der Waals surface area contributed by atoms with Crippen LogP contribution in [0.25, 0.3) is 10.9 Å². The minimum Gasteiger partial charge on any atom is -0.361 e. The fourth-order valence-electron chi connectivity index (χ4n) is 4.16. The van der Waals surface area contributed by atoms with E-state index in [1.165, 1.54) is 4.57 Å². The summed E-state index contributed by atoms with van der Waals surface area (Å²) in [5.41, 5.74) is 7.85. The topological polar surface area (TPSA) is 126 Å². The number of carbonyl (C=O) groups excluding carboxylic acids is 2. The van der Waals surface area contributed by atoms with Crippen molar-refractivity contribution in [2.75, 3.05) is 6.54 Å². The van der Waals surface area contributed by atoms with Crippen LogP contribution in [-0.4, -0.2) is 49.4 Å². The maximum absolute atomic E-state index is 13.6. The van der Waals surface area contributed by atoms with Gasteiger partial charge in [0.2, 0.25) is 11.8 Å². The number of H-pyrrole nitrogens is 1. The molecule has 4 N–H and O–H groups in total. The maximum atomic E-state index is 13.6. The average Bonchev–Trinajstić information content (AvgIpc) is 3.18. The molecule has 0 spiro atoms. The van der Waals surface area contributed by atoms with Crippen molar-refractivity contribution in [3.63, 3.8) is 0 Å². The molecule has 1 atom stereocenters. The number of hydrogen-bond acceptors (Lipinski definition) is 5. The summed E-state index contributed by atoms with van der Waals surface area (Å²) >= 11 is 0. The van der Waals surface area contributed by atoms with E-state index in [9.17, 15) is 14.4 Å². The lowest BCUT2D eigenvalue weighted by molar-refractivity contribution is -0.138. The number of fused-ring (bicyclic) bond motifs is 2. The van der Waals surface area contributed by atoms with Crippen LogP contribution < -0.4 is 16.6 Å². The van der Waals surface area contributed by atoms with Crippen LogP contribution in [0.2, 0.25) is 0 Å². The van der Waals surface area contributed by atoms with Crippen molar-refractivity contribution in [3.8, 4) is 0 Å². The Labute approximate surface area is 192 Å². The van der Waals surface area contributed by atoms with E-state index in [-0.39, 0.29) is 18.0 Å². The van der Waals surface area contributed by atoms with E-state index in [0.29, 0.717) is 30.8 Å². The molecule has 3 heterocycles. The Morgan fingerprint density at radius 3 is 2.76 bits per heavy atom. The molecular weight excluding hydrogens is 420 g/mol. The van der Waals surface area contributed by atoms with Gasteiger partial charge in [-0.2, -0.15) is 0 Å². The summed E-state index contributed by atoms with van der Waals surface area (Å²) in [5, 5.41) is 3.84. The average molecular weight is 451 g/mol. The molecule has 1 aliphatic rings. The molecule has 33 heavy (non-hydrogen) atoms.